The predicted molar refractivity (Wildman–Crippen MR) is 81.3 cm³/mol. The van der Waals surface area contributed by atoms with Crippen LogP contribution in [0.1, 0.15) is 18.4 Å². The van der Waals surface area contributed by atoms with Crippen molar-refractivity contribution >= 4 is 28.8 Å². The smallest absolute Gasteiger partial charge is 0.224 e. The summed E-state index contributed by atoms with van der Waals surface area (Å²) in [7, 11) is 1.62. The minimum atomic E-state index is -0.354. The van der Waals surface area contributed by atoms with Gasteiger partial charge in [-0.25, -0.2) is 4.39 Å². The Hall–Kier alpha value is -1.69. The van der Waals surface area contributed by atoms with Gasteiger partial charge in [-0.3, -0.25) is 4.79 Å². The predicted octanol–water partition coefficient (Wildman–Crippen LogP) is 1.42. The van der Waals surface area contributed by atoms with Gasteiger partial charge in [0.2, 0.25) is 5.91 Å². The third kappa shape index (κ3) is 3.07. The summed E-state index contributed by atoms with van der Waals surface area (Å²) >= 11 is 4.83. The molecule has 1 heterocycles. The van der Waals surface area contributed by atoms with E-state index in [0.29, 0.717) is 17.8 Å². The van der Waals surface area contributed by atoms with Crippen LogP contribution in [-0.2, 0) is 4.79 Å². The average molecular weight is 295 g/mol. The molecule has 1 aromatic rings. The van der Waals surface area contributed by atoms with E-state index in [9.17, 15) is 9.18 Å². The third-order valence-corrected chi connectivity index (χ3v) is 3.85. The van der Waals surface area contributed by atoms with E-state index < -0.39 is 0 Å². The van der Waals surface area contributed by atoms with Gasteiger partial charge in [-0.2, -0.15) is 0 Å². The molecule has 1 aliphatic rings. The van der Waals surface area contributed by atoms with Crippen LogP contribution in [0.25, 0.3) is 0 Å². The molecule has 1 amide bonds. The zero-order valence-corrected chi connectivity index (χ0v) is 12.2. The first kappa shape index (κ1) is 14.7. The Kier molecular flexibility index (Phi) is 4.54. The zero-order valence-electron chi connectivity index (χ0n) is 11.4. The Balaban J connectivity index is 2.19. The molecule has 0 aromatic heterocycles. The molecule has 2 rings (SSSR count). The number of anilines is 1. The van der Waals surface area contributed by atoms with Crippen LogP contribution in [0.5, 0.6) is 0 Å². The lowest BCUT2D eigenvalue weighted by molar-refractivity contribution is -0.124. The van der Waals surface area contributed by atoms with E-state index in [1.807, 2.05) is 4.90 Å². The number of nitrogens with two attached hydrogens (primary N) is 1. The Morgan fingerprint density at radius 1 is 1.55 bits per heavy atom. The van der Waals surface area contributed by atoms with Crippen molar-refractivity contribution in [3.8, 4) is 0 Å². The molecular formula is C14H18FN3OS. The number of nitrogens with one attached hydrogen (secondary N) is 1. The molecule has 4 nitrogen and oxygen atoms in total. The molecule has 3 N–H and O–H groups in total. The minimum absolute atomic E-state index is 0.00913. The van der Waals surface area contributed by atoms with Crippen LogP contribution in [0.4, 0.5) is 10.1 Å². The number of hydrogen-bond donors (Lipinski definition) is 2. The van der Waals surface area contributed by atoms with Crippen LogP contribution in [0.15, 0.2) is 18.2 Å². The maximum Gasteiger partial charge on any atom is 0.224 e. The topological polar surface area (TPSA) is 58.4 Å². The van der Waals surface area contributed by atoms with E-state index in [2.05, 4.69) is 5.32 Å². The summed E-state index contributed by atoms with van der Waals surface area (Å²) < 4.78 is 14.1. The van der Waals surface area contributed by atoms with Gasteiger partial charge in [0.05, 0.1) is 11.6 Å². The number of benzene rings is 1. The number of thiocarbonyl (C=S) groups is 1. The second-order valence-electron chi connectivity index (χ2n) is 4.93. The van der Waals surface area contributed by atoms with Crippen molar-refractivity contribution in [1.29, 1.82) is 0 Å². The highest BCUT2D eigenvalue weighted by Crippen LogP contribution is 2.26. The summed E-state index contributed by atoms with van der Waals surface area (Å²) in [5, 5.41) is 2.65. The lowest BCUT2D eigenvalue weighted by atomic mass is 9.96. The maximum absolute atomic E-state index is 14.1. The van der Waals surface area contributed by atoms with Crippen LogP contribution in [0, 0.1) is 11.7 Å². The molecule has 20 heavy (non-hydrogen) atoms. The van der Waals surface area contributed by atoms with E-state index in [1.165, 1.54) is 6.07 Å². The maximum atomic E-state index is 14.1. The van der Waals surface area contributed by atoms with Gasteiger partial charge in [-0.1, -0.05) is 12.2 Å². The molecule has 0 radical (unpaired) electrons. The normalized spacial score (nSPS) is 18.7. The Morgan fingerprint density at radius 2 is 2.30 bits per heavy atom. The summed E-state index contributed by atoms with van der Waals surface area (Å²) in [5.41, 5.74) is 6.50. The van der Waals surface area contributed by atoms with E-state index in [-0.39, 0.29) is 22.6 Å². The van der Waals surface area contributed by atoms with Crippen molar-refractivity contribution in [3.05, 3.63) is 29.6 Å². The number of carbonyl (C=O) groups excluding carboxylic acids is 1. The van der Waals surface area contributed by atoms with Crippen molar-refractivity contribution in [1.82, 2.24) is 5.32 Å². The molecule has 0 spiro atoms. The summed E-state index contributed by atoms with van der Waals surface area (Å²) in [4.78, 5) is 13.8. The number of piperidine rings is 1. The molecule has 1 aromatic carbocycles. The fraction of sp³-hybridized carbons (Fsp3) is 0.429. The highest BCUT2D eigenvalue weighted by atomic mass is 32.1. The fourth-order valence-corrected chi connectivity index (χ4v) is 2.66. The number of amides is 1. The molecule has 6 heteroatoms. The summed E-state index contributed by atoms with van der Waals surface area (Å²) in [6, 6.07) is 4.74. The average Bonchev–Trinajstić information content (AvgIpc) is 2.46. The molecule has 1 unspecified atom stereocenters. The van der Waals surface area contributed by atoms with Gasteiger partial charge >= 0.3 is 0 Å². The fourth-order valence-electron chi connectivity index (χ4n) is 2.53. The van der Waals surface area contributed by atoms with Crippen molar-refractivity contribution in [2.24, 2.45) is 11.7 Å². The largest absolute Gasteiger partial charge is 0.389 e. The second-order valence-corrected chi connectivity index (χ2v) is 5.37. The lowest BCUT2D eigenvalue weighted by Crippen LogP contribution is -2.42. The molecular weight excluding hydrogens is 277 g/mol. The quantitative estimate of drug-likeness (QED) is 0.828. The molecule has 0 saturated carbocycles. The van der Waals surface area contributed by atoms with Crippen LogP contribution in [-0.4, -0.2) is 31.0 Å². The van der Waals surface area contributed by atoms with Crippen molar-refractivity contribution in [3.63, 3.8) is 0 Å². The van der Waals surface area contributed by atoms with E-state index in [1.54, 1.807) is 19.2 Å². The standard InChI is InChI=1S/C14H18FN3OS/c1-17-14(19)10-3-2-6-18(8-10)12-5-4-9(13(16)20)7-11(12)15/h4-5,7,10H,2-3,6,8H2,1H3,(H2,16,20)(H,17,19). The first-order chi connectivity index (χ1) is 9.52. The number of nitrogens with zero attached hydrogens (tertiary/aromatic N) is 1. The van der Waals surface area contributed by atoms with E-state index in [0.717, 1.165) is 19.4 Å². The Morgan fingerprint density at radius 3 is 2.90 bits per heavy atom. The second kappa shape index (κ2) is 6.17. The number of halogens is 1. The van der Waals surface area contributed by atoms with Crippen LogP contribution >= 0.6 is 12.2 Å². The SMILES string of the molecule is CNC(=O)C1CCCN(c2ccc(C(N)=S)cc2F)C1. The van der Waals surface area contributed by atoms with Gasteiger partial charge in [0.15, 0.2) is 0 Å². The van der Waals surface area contributed by atoms with Crippen LogP contribution in [0.3, 0.4) is 0 Å². The van der Waals surface area contributed by atoms with E-state index >= 15 is 0 Å². The highest BCUT2D eigenvalue weighted by molar-refractivity contribution is 7.80. The Bertz CT molecular complexity index is 535. The van der Waals surface area contributed by atoms with Gasteiger partial charge in [0.25, 0.3) is 0 Å². The first-order valence-corrected chi connectivity index (χ1v) is 6.99. The number of hydrogen-bond acceptors (Lipinski definition) is 3. The molecule has 1 aliphatic heterocycles. The zero-order chi connectivity index (χ0) is 14.7. The lowest BCUT2D eigenvalue weighted by Gasteiger charge is -2.33. The molecule has 1 atom stereocenters. The molecule has 0 bridgehead atoms. The number of carbonyl (C=O) groups is 1. The van der Waals surface area contributed by atoms with Gasteiger partial charge in [-0.15, -0.1) is 0 Å². The van der Waals surface area contributed by atoms with Gasteiger partial charge in [0.1, 0.15) is 10.8 Å². The molecule has 1 saturated heterocycles. The summed E-state index contributed by atoms with van der Waals surface area (Å²) in [5.74, 6) is -0.439. The Labute approximate surface area is 123 Å². The third-order valence-electron chi connectivity index (χ3n) is 3.61. The minimum Gasteiger partial charge on any atom is -0.389 e. The molecule has 0 aliphatic carbocycles. The van der Waals surface area contributed by atoms with Gasteiger partial charge in [-0.05, 0) is 31.0 Å². The van der Waals surface area contributed by atoms with Gasteiger partial charge in [0, 0.05) is 25.7 Å². The summed E-state index contributed by atoms with van der Waals surface area (Å²) in [6.45, 7) is 1.28. The summed E-state index contributed by atoms with van der Waals surface area (Å²) in [6.07, 6.45) is 1.71. The first-order valence-electron chi connectivity index (χ1n) is 6.59. The van der Waals surface area contributed by atoms with Crippen molar-refractivity contribution in [2.75, 3.05) is 25.0 Å². The van der Waals surface area contributed by atoms with E-state index in [4.69, 9.17) is 18.0 Å². The number of rotatable bonds is 3. The molecule has 1 fully saturated rings. The van der Waals surface area contributed by atoms with Crippen molar-refractivity contribution in [2.45, 2.75) is 12.8 Å². The van der Waals surface area contributed by atoms with Crippen molar-refractivity contribution < 1.29 is 9.18 Å². The van der Waals surface area contributed by atoms with Crippen LogP contribution in [0.2, 0.25) is 0 Å². The monoisotopic (exact) mass is 295 g/mol. The van der Waals surface area contributed by atoms with Gasteiger partial charge < -0.3 is 16.0 Å². The van der Waals surface area contributed by atoms with Crippen LogP contribution < -0.4 is 16.0 Å². The molecule has 108 valence electrons. The highest BCUT2D eigenvalue weighted by Gasteiger charge is 2.26.